The Morgan fingerprint density at radius 3 is 2.85 bits per heavy atom. The summed E-state index contributed by atoms with van der Waals surface area (Å²) in [5.41, 5.74) is 2.44. The van der Waals surface area contributed by atoms with E-state index in [9.17, 15) is 9.59 Å². The highest BCUT2D eigenvalue weighted by atomic mass is 35.5. The summed E-state index contributed by atoms with van der Waals surface area (Å²) in [7, 11) is 0. The number of nitrogens with one attached hydrogen (secondary N) is 1. The van der Waals surface area contributed by atoms with Gasteiger partial charge >= 0.3 is 0 Å². The van der Waals surface area contributed by atoms with Crippen molar-refractivity contribution in [2.75, 3.05) is 11.1 Å². The first-order chi connectivity index (χ1) is 16.0. The maximum atomic E-state index is 13.3. The first-order valence-corrected chi connectivity index (χ1v) is 11.5. The molecule has 33 heavy (non-hydrogen) atoms. The molecule has 0 saturated heterocycles. The minimum Gasteiger partial charge on any atom is -0.467 e. The molecule has 0 unspecified atom stereocenters. The molecule has 3 heterocycles. The van der Waals surface area contributed by atoms with Gasteiger partial charge in [0.2, 0.25) is 11.5 Å². The number of fused-ring (bicyclic) bond motifs is 3. The highest BCUT2D eigenvalue weighted by Gasteiger charge is 2.19. The van der Waals surface area contributed by atoms with Gasteiger partial charge in [-0.3, -0.25) is 14.2 Å². The van der Waals surface area contributed by atoms with Crippen LogP contribution in [0.1, 0.15) is 11.3 Å². The van der Waals surface area contributed by atoms with E-state index in [-0.39, 0.29) is 29.3 Å². The maximum Gasteiger partial charge on any atom is 0.298 e. The predicted octanol–water partition coefficient (Wildman–Crippen LogP) is 5.48. The number of carbonyl (C=O) groups excluding carboxylic acids is 1. The zero-order valence-electron chi connectivity index (χ0n) is 17.5. The van der Waals surface area contributed by atoms with Crippen LogP contribution in [0.4, 0.5) is 5.69 Å². The molecule has 1 N–H and O–H groups in total. The summed E-state index contributed by atoms with van der Waals surface area (Å²) in [5, 5.41) is 4.55. The van der Waals surface area contributed by atoms with Gasteiger partial charge in [-0.2, -0.15) is 0 Å². The van der Waals surface area contributed by atoms with Gasteiger partial charge in [0.15, 0.2) is 5.16 Å². The highest BCUT2D eigenvalue weighted by molar-refractivity contribution is 7.99. The third-order valence-corrected chi connectivity index (χ3v) is 6.36. The summed E-state index contributed by atoms with van der Waals surface area (Å²) in [6.07, 6.45) is 1.54. The molecule has 5 rings (SSSR count). The van der Waals surface area contributed by atoms with Crippen molar-refractivity contribution in [1.82, 2.24) is 9.55 Å². The van der Waals surface area contributed by atoms with Crippen LogP contribution in [0.25, 0.3) is 22.1 Å². The second-order valence-corrected chi connectivity index (χ2v) is 8.82. The number of para-hydroxylation sites is 1. The largest absolute Gasteiger partial charge is 0.467 e. The van der Waals surface area contributed by atoms with Gasteiger partial charge in [-0.25, -0.2) is 4.98 Å². The second-order valence-electron chi connectivity index (χ2n) is 7.44. The van der Waals surface area contributed by atoms with E-state index < -0.39 is 0 Å². The predicted molar refractivity (Wildman–Crippen MR) is 129 cm³/mol. The highest BCUT2D eigenvalue weighted by Crippen LogP contribution is 2.28. The molecule has 0 spiro atoms. The number of benzene rings is 2. The van der Waals surface area contributed by atoms with Crippen molar-refractivity contribution in [3.8, 4) is 0 Å². The third kappa shape index (κ3) is 4.27. The number of aryl methyl sites for hydroxylation is 1. The molecule has 0 aliphatic rings. The van der Waals surface area contributed by atoms with Gasteiger partial charge in [0.1, 0.15) is 16.9 Å². The van der Waals surface area contributed by atoms with E-state index in [1.54, 1.807) is 36.6 Å². The minimum absolute atomic E-state index is 0.0534. The van der Waals surface area contributed by atoms with Crippen LogP contribution in [0.3, 0.4) is 0 Å². The van der Waals surface area contributed by atoms with Crippen LogP contribution >= 0.6 is 23.4 Å². The van der Waals surface area contributed by atoms with Crippen LogP contribution in [0.2, 0.25) is 5.02 Å². The van der Waals surface area contributed by atoms with Gasteiger partial charge in [0.05, 0.1) is 18.6 Å². The Morgan fingerprint density at radius 2 is 2.03 bits per heavy atom. The molecule has 9 heteroatoms. The molecule has 0 fully saturated rings. The minimum atomic E-state index is -0.332. The molecule has 0 aliphatic carbocycles. The first-order valence-electron chi connectivity index (χ1n) is 10.1. The summed E-state index contributed by atoms with van der Waals surface area (Å²) < 4.78 is 12.7. The summed E-state index contributed by atoms with van der Waals surface area (Å²) in [5.74, 6) is 0.411. The molecule has 5 aromatic rings. The molecule has 2 aromatic carbocycles. The Morgan fingerprint density at radius 1 is 1.18 bits per heavy atom. The third-order valence-electron chi connectivity index (χ3n) is 5.15. The van der Waals surface area contributed by atoms with Crippen LogP contribution in [0.5, 0.6) is 0 Å². The lowest BCUT2D eigenvalue weighted by Gasteiger charge is -2.11. The molecule has 0 bridgehead atoms. The summed E-state index contributed by atoms with van der Waals surface area (Å²) >= 11 is 7.22. The van der Waals surface area contributed by atoms with Crippen molar-refractivity contribution in [3.05, 3.63) is 87.6 Å². The van der Waals surface area contributed by atoms with Crippen LogP contribution in [0.15, 0.2) is 79.6 Å². The zero-order valence-corrected chi connectivity index (χ0v) is 19.1. The number of carbonyl (C=O) groups is 1. The van der Waals surface area contributed by atoms with E-state index in [0.29, 0.717) is 32.7 Å². The molecule has 166 valence electrons. The Balaban J connectivity index is 1.50. The van der Waals surface area contributed by atoms with E-state index in [4.69, 9.17) is 25.4 Å². The van der Waals surface area contributed by atoms with Gasteiger partial charge < -0.3 is 14.2 Å². The average Bonchev–Trinajstić information content (AvgIpc) is 3.45. The van der Waals surface area contributed by atoms with Gasteiger partial charge in [0, 0.05) is 16.1 Å². The lowest BCUT2D eigenvalue weighted by molar-refractivity contribution is -0.113. The standard InChI is InChI=1S/C24H18ClN3O4S/c1-14-8-9-15(25)11-18(14)26-20(29)13-33-24-27-21-17-6-2-3-7-19(17)32-22(21)23(30)28(24)12-16-5-4-10-31-16/h2-11H,12-13H2,1H3,(H,26,29). The summed E-state index contributed by atoms with van der Waals surface area (Å²) in [6, 6.07) is 16.2. The molecule has 1 amide bonds. The van der Waals surface area contributed by atoms with Crippen LogP contribution in [-0.4, -0.2) is 21.2 Å². The van der Waals surface area contributed by atoms with E-state index in [0.717, 1.165) is 10.9 Å². The smallest absolute Gasteiger partial charge is 0.298 e. The summed E-state index contributed by atoms with van der Waals surface area (Å²) in [4.78, 5) is 30.7. The van der Waals surface area contributed by atoms with Crippen molar-refractivity contribution < 1.29 is 13.6 Å². The van der Waals surface area contributed by atoms with E-state index in [1.165, 1.54) is 16.3 Å². The molecule has 0 aliphatic heterocycles. The van der Waals surface area contributed by atoms with Crippen molar-refractivity contribution in [2.24, 2.45) is 0 Å². The number of furan rings is 2. The molecular formula is C24H18ClN3O4S. The fourth-order valence-corrected chi connectivity index (χ4v) is 4.47. The van der Waals surface area contributed by atoms with E-state index >= 15 is 0 Å². The second kappa shape index (κ2) is 8.80. The average molecular weight is 480 g/mol. The van der Waals surface area contributed by atoms with Crippen LogP contribution < -0.4 is 10.9 Å². The van der Waals surface area contributed by atoms with E-state index in [2.05, 4.69) is 5.32 Å². The van der Waals surface area contributed by atoms with Crippen molar-refractivity contribution in [3.63, 3.8) is 0 Å². The van der Waals surface area contributed by atoms with Crippen LogP contribution in [0, 0.1) is 6.92 Å². The molecular weight excluding hydrogens is 462 g/mol. The molecule has 0 saturated carbocycles. The van der Waals surface area contributed by atoms with Crippen LogP contribution in [-0.2, 0) is 11.3 Å². The van der Waals surface area contributed by atoms with E-state index in [1.807, 2.05) is 31.2 Å². The lowest BCUT2D eigenvalue weighted by atomic mass is 10.2. The molecule has 0 radical (unpaired) electrons. The topological polar surface area (TPSA) is 90.3 Å². The number of halogens is 1. The zero-order chi connectivity index (χ0) is 22.9. The number of nitrogens with zero attached hydrogens (tertiary/aromatic N) is 2. The van der Waals surface area contributed by atoms with Crippen molar-refractivity contribution in [1.29, 1.82) is 0 Å². The Bertz CT molecular complexity index is 1540. The number of aromatic nitrogens is 2. The maximum absolute atomic E-state index is 13.3. The number of rotatable bonds is 6. The van der Waals surface area contributed by atoms with Gasteiger partial charge in [-0.1, -0.05) is 41.6 Å². The fraction of sp³-hybridized carbons (Fsp3) is 0.125. The van der Waals surface area contributed by atoms with Gasteiger partial charge in [-0.15, -0.1) is 0 Å². The Kier molecular flexibility index (Phi) is 5.70. The lowest BCUT2D eigenvalue weighted by Crippen LogP contribution is -2.24. The molecule has 0 atom stereocenters. The molecule has 7 nitrogen and oxygen atoms in total. The Labute approximate surface area is 197 Å². The summed E-state index contributed by atoms with van der Waals surface area (Å²) in [6.45, 7) is 2.06. The number of amides is 1. The molecule has 3 aromatic heterocycles. The number of hydrogen-bond acceptors (Lipinski definition) is 6. The van der Waals surface area contributed by atoms with Gasteiger partial charge in [0.25, 0.3) is 5.56 Å². The van der Waals surface area contributed by atoms with Crippen molar-refractivity contribution in [2.45, 2.75) is 18.6 Å². The Hall–Kier alpha value is -3.49. The normalized spacial score (nSPS) is 11.3. The SMILES string of the molecule is Cc1ccc(Cl)cc1NC(=O)CSc1nc2c(oc3ccccc32)c(=O)n1Cc1ccco1. The van der Waals surface area contributed by atoms with Crippen molar-refractivity contribution >= 4 is 57.0 Å². The van der Waals surface area contributed by atoms with Gasteiger partial charge in [-0.05, 0) is 48.9 Å². The number of anilines is 1. The fourth-order valence-electron chi connectivity index (χ4n) is 3.51. The number of hydrogen-bond donors (Lipinski definition) is 1. The quantitative estimate of drug-likeness (QED) is 0.256. The number of thioether (sulfide) groups is 1. The monoisotopic (exact) mass is 479 g/mol. The first kappa shape index (κ1) is 21.4.